The van der Waals surface area contributed by atoms with Crippen molar-refractivity contribution in [1.29, 1.82) is 0 Å². The second kappa shape index (κ2) is 3.46. The van der Waals surface area contributed by atoms with Crippen molar-refractivity contribution in [3.8, 4) is 0 Å². The zero-order valence-corrected chi connectivity index (χ0v) is 8.95. The lowest BCUT2D eigenvalue weighted by Crippen LogP contribution is -2.34. The lowest BCUT2D eigenvalue weighted by atomic mass is 10.1. The molecule has 0 bridgehead atoms. The van der Waals surface area contributed by atoms with Gasteiger partial charge in [-0.3, -0.25) is 4.84 Å². The highest BCUT2D eigenvalue weighted by Crippen LogP contribution is 2.52. The first-order valence-electron chi connectivity index (χ1n) is 4.96. The number of hydroxylamine groups is 2. The standard InChI is InChI=1S/C11H12F3NO/c1-8(9-6-4-3-5-7-9)15-10(2,16-15)11(12,13)14/h3-8H,1-2H3/t8?,10-,15?/m0/s1. The van der Waals surface area contributed by atoms with Crippen LogP contribution in [0.25, 0.3) is 0 Å². The van der Waals surface area contributed by atoms with E-state index in [0.29, 0.717) is 0 Å². The molecule has 5 heteroatoms. The predicted octanol–water partition coefficient (Wildman–Crippen LogP) is 3.27. The van der Waals surface area contributed by atoms with E-state index in [4.69, 9.17) is 4.84 Å². The molecule has 1 aromatic rings. The molecule has 0 radical (unpaired) electrons. The molecule has 0 amide bonds. The van der Waals surface area contributed by atoms with Gasteiger partial charge >= 0.3 is 6.18 Å². The summed E-state index contributed by atoms with van der Waals surface area (Å²) >= 11 is 0. The summed E-state index contributed by atoms with van der Waals surface area (Å²) in [5.41, 5.74) is -1.34. The Kier molecular flexibility index (Phi) is 2.47. The van der Waals surface area contributed by atoms with Gasteiger partial charge in [0.15, 0.2) is 0 Å². The molecule has 0 saturated carbocycles. The molecule has 1 aromatic carbocycles. The smallest absolute Gasteiger partial charge is 0.261 e. The zero-order valence-electron chi connectivity index (χ0n) is 8.95. The van der Waals surface area contributed by atoms with E-state index in [9.17, 15) is 13.2 Å². The van der Waals surface area contributed by atoms with E-state index in [1.54, 1.807) is 31.2 Å². The minimum atomic E-state index is -4.37. The molecule has 1 aliphatic rings. The molecular formula is C11H12F3NO. The second-order valence-corrected chi connectivity index (χ2v) is 3.98. The molecule has 0 spiro atoms. The summed E-state index contributed by atoms with van der Waals surface area (Å²) < 4.78 is 37.8. The van der Waals surface area contributed by atoms with Crippen LogP contribution in [0.5, 0.6) is 0 Å². The number of alkyl halides is 3. The molecule has 2 nitrogen and oxygen atoms in total. The first-order valence-corrected chi connectivity index (χ1v) is 4.96. The number of nitrogens with zero attached hydrogens (tertiary/aromatic N) is 1. The van der Waals surface area contributed by atoms with Gasteiger partial charge in [-0.2, -0.15) is 13.2 Å². The van der Waals surface area contributed by atoms with E-state index < -0.39 is 17.9 Å². The lowest BCUT2D eigenvalue weighted by Gasteiger charge is -2.15. The summed E-state index contributed by atoms with van der Waals surface area (Å²) in [5.74, 6) is 0. The topological polar surface area (TPSA) is 15.5 Å². The van der Waals surface area contributed by atoms with E-state index in [-0.39, 0.29) is 0 Å². The Morgan fingerprint density at radius 3 is 2.25 bits per heavy atom. The molecule has 1 saturated heterocycles. The molecule has 2 rings (SSSR count). The van der Waals surface area contributed by atoms with Gasteiger partial charge in [-0.1, -0.05) is 30.3 Å². The van der Waals surface area contributed by atoms with Crippen LogP contribution < -0.4 is 0 Å². The van der Waals surface area contributed by atoms with Gasteiger partial charge in [0.05, 0.1) is 6.04 Å². The van der Waals surface area contributed by atoms with Crippen molar-refractivity contribution in [1.82, 2.24) is 5.06 Å². The molecule has 1 aliphatic heterocycles. The van der Waals surface area contributed by atoms with Gasteiger partial charge in [0.2, 0.25) is 0 Å². The van der Waals surface area contributed by atoms with Crippen molar-refractivity contribution in [3.05, 3.63) is 35.9 Å². The fourth-order valence-electron chi connectivity index (χ4n) is 1.66. The Bertz CT molecular complexity index is 379. The molecule has 0 N–H and O–H groups in total. The average molecular weight is 231 g/mol. The Morgan fingerprint density at radius 1 is 1.25 bits per heavy atom. The quantitative estimate of drug-likeness (QED) is 0.726. The van der Waals surface area contributed by atoms with Gasteiger partial charge in [0.25, 0.3) is 5.72 Å². The third-order valence-electron chi connectivity index (χ3n) is 2.82. The van der Waals surface area contributed by atoms with Gasteiger partial charge in [-0.05, 0) is 19.4 Å². The summed E-state index contributed by atoms with van der Waals surface area (Å²) in [5, 5.41) is 0.975. The van der Waals surface area contributed by atoms with E-state index in [2.05, 4.69) is 0 Å². The van der Waals surface area contributed by atoms with E-state index >= 15 is 0 Å². The van der Waals surface area contributed by atoms with E-state index in [0.717, 1.165) is 17.6 Å². The average Bonchev–Trinajstić information content (AvgIpc) is 2.92. The second-order valence-electron chi connectivity index (χ2n) is 3.98. The van der Waals surface area contributed by atoms with E-state index in [1.165, 1.54) is 0 Å². The van der Waals surface area contributed by atoms with Crippen molar-refractivity contribution in [2.75, 3.05) is 0 Å². The number of halogens is 3. The highest BCUT2D eigenvalue weighted by molar-refractivity contribution is 5.19. The van der Waals surface area contributed by atoms with Crippen LogP contribution in [-0.4, -0.2) is 17.0 Å². The minimum absolute atomic E-state index is 0.409. The molecule has 0 aromatic heterocycles. The Hall–Kier alpha value is -1.07. The summed E-state index contributed by atoms with van der Waals surface area (Å²) in [6, 6.07) is 8.56. The molecule has 1 fully saturated rings. The number of hydrogen-bond donors (Lipinski definition) is 0. The van der Waals surface area contributed by atoms with Crippen molar-refractivity contribution in [2.45, 2.75) is 31.8 Å². The molecule has 0 aliphatic carbocycles. The Morgan fingerprint density at radius 2 is 1.81 bits per heavy atom. The Balaban J connectivity index is 2.14. The van der Waals surface area contributed by atoms with Gasteiger partial charge in [0, 0.05) is 0 Å². The maximum atomic E-state index is 12.6. The van der Waals surface area contributed by atoms with Crippen molar-refractivity contribution >= 4 is 0 Å². The van der Waals surface area contributed by atoms with Gasteiger partial charge < -0.3 is 0 Å². The van der Waals surface area contributed by atoms with Crippen LogP contribution in [0, 0.1) is 0 Å². The maximum absolute atomic E-state index is 12.6. The van der Waals surface area contributed by atoms with Crippen LogP contribution in [0.4, 0.5) is 13.2 Å². The Labute approximate surface area is 91.6 Å². The fraction of sp³-hybridized carbons (Fsp3) is 0.455. The highest BCUT2D eigenvalue weighted by atomic mass is 19.4. The van der Waals surface area contributed by atoms with Crippen molar-refractivity contribution in [3.63, 3.8) is 0 Å². The largest absolute Gasteiger partial charge is 0.435 e. The number of benzene rings is 1. The lowest BCUT2D eigenvalue weighted by molar-refractivity contribution is -0.182. The molecule has 88 valence electrons. The first-order chi connectivity index (χ1) is 7.36. The third-order valence-corrected chi connectivity index (χ3v) is 2.82. The van der Waals surface area contributed by atoms with Gasteiger partial charge in [-0.15, -0.1) is 5.06 Å². The normalized spacial score (nSPS) is 31.2. The summed E-state index contributed by atoms with van der Waals surface area (Å²) in [6.07, 6.45) is -4.37. The summed E-state index contributed by atoms with van der Waals surface area (Å²) in [7, 11) is 0. The van der Waals surface area contributed by atoms with Gasteiger partial charge in [-0.25, -0.2) is 0 Å². The van der Waals surface area contributed by atoms with E-state index in [1.807, 2.05) is 6.07 Å². The fourth-order valence-corrected chi connectivity index (χ4v) is 1.66. The molecule has 3 atom stereocenters. The SMILES string of the molecule is CC(c1ccccc1)N1O[C@@]1(C)C(F)(F)F. The van der Waals surface area contributed by atoms with Crippen LogP contribution >= 0.6 is 0 Å². The van der Waals surface area contributed by atoms with Crippen LogP contribution in [0.2, 0.25) is 0 Å². The van der Waals surface area contributed by atoms with Gasteiger partial charge in [0.1, 0.15) is 0 Å². The minimum Gasteiger partial charge on any atom is -0.261 e. The van der Waals surface area contributed by atoms with Crippen molar-refractivity contribution in [2.24, 2.45) is 0 Å². The van der Waals surface area contributed by atoms with Crippen LogP contribution in [0.3, 0.4) is 0 Å². The summed E-state index contributed by atoms with van der Waals surface area (Å²) in [6.45, 7) is 2.72. The summed E-state index contributed by atoms with van der Waals surface area (Å²) in [4.78, 5) is 4.69. The van der Waals surface area contributed by atoms with Crippen LogP contribution in [0.1, 0.15) is 25.5 Å². The monoisotopic (exact) mass is 231 g/mol. The third kappa shape index (κ3) is 1.70. The molecule has 1 heterocycles. The first kappa shape index (κ1) is 11.4. The zero-order chi connectivity index (χ0) is 12.0. The highest BCUT2D eigenvalue weighted by Gasteiger charge is 2.71. The molecule has 2 unspecified atom stereocenters. The van der Waals surface area contributed by atoms with Crippen LogP contribution in [-0.2, 0) is 4.84 Å². The molecule has 16 heavy (non-hydrogen) atoms. The van der Waals surface area contributed by atoms with Crippen LogP contribution in [0.15, 0.2) is 30.3 Å². The number of hydrogen-bond acceptors (Lipinski definition) is 2. The number of rotatable bonds is 2. The van der Waals surface area contributed by atoms with Crippen molar-refractivity contribution < 1.29 is 18.0 Å². The molecular weight excluding hydrogens is 219 g/mol. The predicted molar refractivity (Wildman–Crippen MR) is 52.2 cm³/mol. The maximum Gasteiger partial charge on any atom is 0.435 e.